The predicted octanol–water partition coefficient (Wildman–Crippen LogP) is 4.14. The third kappa shape index (κ3) is 3.47. The highest BCUT2D eigenvalue weighted by Gasteiger charge is 2.13. The Morgan fingerprint density at radius 3 is 2.74 bits per heavy atom. The molecular weight excluding hydrogens is 378 g/mol. The molecule has 0 fully saturated rings. The van der Waals surface area contributed by atoms with Gasteiger partial charge in [0.1, 0.15) is 0 Å². The van der Waals surface area contributed by atoms with Crippen LogP contribution in [0, 0.1) is 0 Å². The van der Waals surface area contributed by atoms with Crippen molar-refractivity contribution in [2.45, 2.75) is 0 Å². The number of nitrogens with zero attached hydrogens (tertiary/aromatic N) is 3. The van der Waals surface area contributed by atoms with Gasteiger partial charge in [-0.3, -0.25) is 0 Å². The zero-order valence-corrected chi connectivity index (χ0v) is 14.8. The summed E-state index contributed by atoms with van der Waals surface area (Å²) < 4.78 is 0.966. The summed E-state index contributed by atoms with van der Waals surface area (Å²) in [7, 11) is 1.86. The topological polar surface area (TPSA) is 49.2 Å². The third-order valence-electron chi connectivity index (χ3n) is 3.52. The zero-order chi connectivity index (χ0) is 16.4. The van der Waals surface area contributed by atoms with E-state index in [1.54, 1.807) is 0 Å². The first kappa shape index (κ1) is 16.2. The van der Waals surface area contributed by atoms with Crippen molar-refractivity contribution in [3.63, 3.8) is 0 Å². The summed E-state index contributed by atoms with van der Waals surface area (Å²) in [6.07, 6.45) is 0. The molecule has 0 radical (unpaired) electrons. The maximum atomic E-state index is 9.15. The Morgan fingerprint density at radius 1 is 1.17 bits per heavy atom. The van der Waals surface area contributed by atoms with Crippen LogP contribution < -0.4 is 4.90 Å². The highest BCUT2D eigenvalue weighted by Crippen LogP contribution is 2.31. The van der Waals surface area contributed by atoms with Crippen LogP contribution in [0.4, 0.5) is 5.95 Å². The number of halogens is 2. The second-order valence-electron chi connectivity index (χ2n) is 5.19. The maximum absolute atomic E-state index is 9.15. The van der Waals surface area contributed by atoms with E-state index in [2.05, 4.69) is 20.9 Å². The Labute approximate surface area is 147 Å². The van der Waals surface area contributed by atoms with Crippen LogP contribution in [0.15, 0.2) is 46.9 Å². The maximum Gasteiger partial charge on any atom is 0.226 e. The van der Waals surface area contributed by atoms with E-state index in [1.807, 2.05) is 54.4 Å². The van der Waals surface area contributed by atoms with Gasteiger partial charge in [0, 0.05) is 34.0 Å². The van der Waals surface area contributed by atoms with Crippen LogP contribution in [0.2, 0.25) is 5.02 Å². The molecule has 0 amide bonds. The normalized spacial score (nSPS) is 11.0. The number of hydrogen-bond donors (Lipinski definition) is 1. The largest absolute Gasteiger partial charge is 0.395 e. The van der Waals surface area contributed by atoms with Gasteiger partial charge in [-0.25, -0.2) is 9.97 Å². The minimum Gasteiger partial charge on any atom is -0.395 e. The Kier molecular flexibility index (Phi) is 4.80. The molecule has 1 heterocycles. The Balaban J connectivity index is 2.26. The van der Waals surface area contributed by atoms with E-state index in [0.717, 1.165) is 26.6 Å². The number of fused-ring (bicyclic) bond motifs is 1. The van der Waals surface area contributed by atoms with Gasteiger partial charge in [-0.15, -0.1) is 0 Å². The fourth-order valence-corrected chi connectivity index (χ4v) is 2.92. The smallest absolute Gasteiger partial charge is 0.226 e. The van der Waals surface area contributed by atoms with E-state index in [9.17, 15) is 0 Å². The van der Waals surface area contributed by atoms with Gasteiger partial charge in [0.05, 0.1) is 17.8 Å². The first-order valence-electron chi connectivity index (χ1n) is 7.14. The summed E-state index contributed by atoms with van der Waals surface area (Å²) in [6.45, 7) is 0.516. The minimum atomic E-state index is 0.0464. The number of rotatable bonds is 4. The lowest BCUT2D eigenvalue weighted by Gasteiger charge is -2.18. The molecule has 3 rings (SSSR count). The monoisotopic (exact) mass is 391 g/mol. The van der Waals surface area contributed by atoms with Crippen molar-refractivity contribution in [3.8, 4) is 11.3 Å². The average Bonchev–Trinajstić information content (AvgIpc) is 2.54. The molecule has 0 unspecified atom stereocenters. The van der Waals surface area contributed by atoms with Gasteiger partial charge in [-0.1, -0.05) is 39.7 Å². The predicted molar refractivity (Wildman–Crippen MR) is 98.0 cm³/mol. The van der Waals surface area contributed by atoms with Crippen LogP contribution in [0.25, 0.3) is 22.2 Å². The van der Waals surface area contributed by atoms with Crippen molar-refractivity contribution in [2.24, 2.45) is 0 Å². The van der Waals surface area contributed by atoms with E-state index < -0.39 is 0 Å². The highest BCUT2D eigenvalue weighted by atomic mass is 79.9. The first-order valence-corrected chi connectivity index (χ1v) is 8.31. The summed E-state index contributed by atoms with van der Waals surface area (Å²) in [4.78, 5) is 11.1. The number of likely N-dealkylation sites (N-methyl/N-ethyl adjacent to an activating group) is 1. The van der Waals surface area contributed by atoms with Gasteiger partial charge in [0.25, 0.3) is 0 Å². The van der Waals surface area contributed by atoms with Crippen LogP contribution in [0.1, 0.15) is 0 Å². The summed E-state index contributed by atoms with van der Waals surface area (Å²) in [5.74, 6) is 0.573. The number of aliphatic hydroxyl groups is 1. The Bertz CT molecular complexity index is 856. The second kappa shape index (κ2) is 6.83. The lowest BCUT2D eigenvalue weighted by Crippen LogP contribution is -2.23. The highest BCUT2D eigenvalue weighted by molar-refractivity contribution is 9.10. The van der Waals surface area contributed by atoms with Crippen LogP contribution in [-0.4, -0.2) is 35.3 Å². The fraction of sp³-hybridized carbons (Fsp3) is 0.176. The molecule has 1 N–H and O–H groups in total. The third-order valence-corrected chi connectivity index (χ3v) is 4.25. The van der Waals surface area contributed by atoms with Crippen molar-refractivity contribution >= 4 is 44.4 Å². The molecule has 118 valence electrons. The van der Waals surface area contributed by atoms with Crippen LogP contribution in [-0.2, 0) is 0 Å². The molecule has 0 aliphatic carbocycles. The molecule has 0 saturated carbocycles. The number of aliphatic hydroxyl groups excluding tert-OH is 1. The fourth-order valence-electron chi connectivity index (χ4n) is 2.36. The lowest BCUT2D eigenvalue weighted by molar-refractivity contribution is 0.303. The molecule has 4 nitrogen and oxygen atoms in total. The van der Waals surface area contributed by atoms with E-state index in [0.29, 0.717) is 17.5 Å². The van der Waals surface area contributed by atoms with Crippen molar-refractivity contribution in [1.82, 2.24) is 9.97 Å². The number of aromatic nitrogens is 2. The zero-order valence-electron chi connectivity index (χ0n) is 12.5. The standard InChI is InChI=1S/C17H15BrClN3O/c1-22(7-8-23)17-20-15-6-5-12(18)10-14(15)16(21-17)11-3-2-4-13(19)9-11/h2-6,9-10,23H,7-8H2,1H3. The van der Waals surface area contributed by atoms with Crippen LogP contribution in [0.5, 0.6) is 0 Å². The van der Waals surface area contributed by atoms with E-state index in [4.69, 9.17) is 21.7 Å². The molecule has 0 saturated heterocycles. The van der Waals surface area contributed by atoms with Crippen molar-refractivity contribution in [1.29, 1.82) is 0 Å². The van der Waals surface area contributed by atoms with E-state index in [-0.39, 0.29) is 6.61 Å². The van der Waals surface area contributed by atoms with Gasteiger partial charge in [0.15, 0.2) is 0 Å². The minimum absolute atomic E-state index is 0.0464. The van der Waals surface area contributed by atoms with Crippen molar-refractivity contribution in [3.05, 3.63) is 52.0 Å². The molecule has 0 atom stereocenters. The van der Waals surface area contributed by atoms with Crippen molar-refractivity contribution < 1.29 is 5.11 Å². The van der Waals surface area contributed by atoms with Crippen molar-refractivity contribution in [2.75, 3.05) is 25.1 Å². The number of benzene rings is 2. The molecule has 1 aromatic heterocycles. The molecule has 2 aromatic carbocycles. The average molecular weight is 393 g/mol. The lowest BCUT2D eigenvalue weighted by atomic mass is 10.1. The molecule has 0 aliphatic heterocycles. The van der Waals surface area contributed by atoms with Gasteiger partial charge < -0.3 is 10.0 Å². The summed E-state index contributed by atoms with van der Waals surface area (Å²) >= 11 is 9.63. The molecule has 23 heavy (non-hydrogen) atoms. The van der Waals surface area contributed by atoms with Gasteiger partial charge >= 0.3 is 0 Å². The SMILES string of the molecule is CN(CCO)c1nc(-c2cccc(Cl)c2)c2cc(Br)ccc2n1. The van der Waals surface area contributed by atoms with E-state index >= 15 is 0 Å². The molecule has 3 aromatic rings. The number of hydrogen-bond acceptors (Lipinski definition) is 4. The molecule has 0 spiro atoms. The first-order chi connectivity index (χ1) is 11.1. The van der Waals surface area contributed by atoms with Crippen LogP contribution >= 0.6 is 27.5 Å². The van der Waals surface area contributed by atoms with Gasteiger partial charge in [0.2, 0.25) is 5.95 Å². The number of anilines is 1. The Hall–Kier alpha value is -1.69. The second-order valence-corrected chi connectivity index (χ2v) is 6.54. The molecular formula is C17H15BrClN3O. The van der Waals surface area contributed by atoms with Crippen LogP contribution in [0.3, 0.4) is 0 Å². The van der Waals surface area contributed by atoms with E-state index in [1.165, 1.54) is 0 Å². The Morgan fingerprint density at radius 2 is 2.00 bits per heavy atom. The summed E-state index contributed by atoms with van der Waals surface area (Å²) in [6, 6.07) is 13.5. The quantitative estimate of drug-likeness (QED) is 0.725. The van der Waals surface area contributed by atoms with Gasteiger partial charge in [-0.2, -0.15) is 0 Å². The molecule has 0 bridgehead atoms. The van der Waals surface area contributed by atoms with Gasteiger partial charge in [-0.05, 0) is 30.3 Å². The summed E-state index contributed by atoms with van der Waals surface area (Å²) in [5, 5.41) is 10.8. The summed E-state index contributed by atoms with van der Waals surface area (Å²) in [5.41, 5.74) is 2.60. The molecule has 0 aliphatic rings. The molecule has 6 heteroatoms.